The maximum Gasteiger partial charge on any atom is 0.328 e. The van der Waals surface area contributed by atoms with E-state index in [1.807, 2.05) is 6.07 Å². The first-order valence-electron chi connectivity index (χ1n) is 12.3. The zero-order valence-electron chi connectivity index (χ0n) is 21.0. The van der Waals surface area contributed by atoms with E-state index in [2.05, 4.69) is 0 Å². The van der Waals surface area contributed by atoms with Crippen LogP contribution in [0, 0.1) is 5.41 Å². The Kier molecular flexibility index (Phi) is 9.22. The molecule has 3 rings (SSSR count). The molecule has 0 aromatic heterocycles. The van der Waals surface area contributed by atoms with Crippen LogP contribution >= 0.6 is 0 Å². The Hall–Kier alpha value is -3.68. The van der Waals surface area contributed by atoms with Gasteiger partial charge in [0.2, 0.25) is 0 Å². The lowest BCUT2D eigenvalue weighted by Crippen LogP contribution is -2.60. The van der Waals surface area contributed by atoms with Gasteiger partial charge in [0.1, 0.15) is 6.04 Å². The number of rotatable bonds is 10. The summed E-state index contributed by atoms with van der Waals surface area (Å²) in [5, 5.41) is 0. The molecule has 36 heavy (non-hydrogen) atoms. The van der Waals surface area contributed by atoms with Crippen LogP contribution in [0.2, 0.25) is 0 Å². The molecule has 0 saturated carbocycles. The van der Waals surface area contributed by atoms with Crippen LogP contribution in [-0.2, 0) is 35.0 Å². The van der Waals surface area contributed by atoms with Crippen molar-refractivity contribution in [3.63, 3.8) is 0 Å². The Balaban J connectivity index is 2.20. The van der Waals surface area contributed by atoms with Crippen molar-refractivity contribution in [2.24, 2.45) is 5.41 Å². The van der Waals surface area contributed by atoms with Crippen LogP contribution in [-0.4, -0.2) is 60.6 Å². The van der Waals surface area contributed by atoms with Crippen LogP contribution in [0.5, 0.6) is 0 Å². The average molecular weight is 496 g/mol. The topological polar surface area (TPSA) is 99.2 Å². The highest BCUT2D eigenvalue weighted by Crippen LogP contribution is 2.43. The number of hydrogen-bond acceptors (Lipinski definition) is 7. The Bertz CT molecular complexity index is 1040. The number of amides is 1. The fourth-order valence-corrected chi connectivity index (χ4v) is 4.83. The van der Waals surface area contributed by atoms with Crippen LogP contribution in [0.4, 0.5) is 0 Å². The van der Waals surface area contributed by atoms with Crippen molar-refractivity contribution < 1.29 is 33.4 Å². The van der Waals surface area contributed by atoms with E-state index in [1.54, 1.807) is 75.4 Å². The third-order valence-electron chi connectivity index (χ3n) is 6.37. The molecule has 1 aliphatic heterocycles. The predicted molar refractivity (Wildman–Crippen MR) is 132 cm³/mol. The van der Waals surface area contributed by atoms with Crippen molar-refractivity contribution in [2.45, 2.75) is 52.1 Å². The van der Waals surface area contributed by atoms with Gasteiger partial charge in [-0.05, 0) is 51.3 Å². The van der Waals surface area contributed by atoms with Crippen molar-refractivity contribution in [2.75, 3.05) is 19.8 Å². The second kappa shape index (κ2) is 12.3. The first-order chi connectivity index (χ1) is 17.4. The molecule has 0 unspecified atom stereocenters. The zero-order valence-corrected chi connectivity index (χ0v) is 21.0. The van der Waals surface area contributed by atoms with E-state index in [0.29, 0.717) is 11.1 Å². The van der Waals surface area contributed by atoms with Gasteiger partial charge in [0, 0.05) is 12.0 Å². The normalized spacial score (nSPS) is 17.4. The Morgan fingerprint density at radius 3 is 1.83 bits per heavy atom. The minimum absolute atomic E-state index is 0.0371. The maximum atomic E-state index is 13.9. The Labute approximate surface area is 211 Å². The number of carbonyl (C=O) groups is 4. The molecule has 2 atom stereocenters. The Morgan fingerprint density at radius 1 is 0.778 bits per heavy atom. The summed E-state index contributed by atoms with van der Waals surface area (Å²) in [4.78, 5) is 55.6. The van der Waals surface area contributed by atoms with Gasteiger partial charge in [-0.3, -0.25) is 14.4 Å². The average Bonchev–Trinajstić information content (AvgIpc) is 3.34. The van der Waals surface area contributed by atoms with Gasteiger partial charge in [0.15, 0.2) is 5.41 Å². The van der Waals surface area contributed by atoms with Gasteiger partial charge in [0.25, 0.3) is 5.91 Å². The minimum atomic E-state index is -1.88. The maximum absolute atomic E-state index is 13.9. The van der Waals surface area contributed by atoms with Gasteiger partial charge >= 0.3 is 17.9 Å². The SMILES string of the molecule is CCOC(=O)[C@@H]1CC[C@H](C(Cc2ccccc2)(C(=O)OCC)C(=O)OCC)N1C(=O)c1ccccc1. The summed E-state index contributed by atoms with van der Waals surface area (Å²) in [7, 11) is 0. The van der Waals surface area contributed by atoms with Crippen molar-refractivity contribution in [3.8, 4) is 0 Å². The van der Waals surface area contributed by atoms with Crippen molar-refractivity contribution in [1.29, 1.82) is 0 Å². The zero-order chi connectivity index (χ0) is 26.1. The first kappa shape index (κ1) is 26.9. The summed E-state index contributed by atoms with van der Waals surface area (Å²) in [6, 6.07) is 15.6. The summed E-state index contributed by atoms with van der Waals surface area (Å²) in [6.07, 6.45) is 0.397. The van der Waals surface area contributed by atoms with Crippen LogP contribution in [0.3, 0.4) is 0 Å². The number of ether oxygens (including phenoxy) is 3. The summed E-state index contributed by atoms with van der Waals surface area (Å²) in [6.45, 7) is 5.20. The number of carbonyl (C=O) groups excluding carboxylic acids is 4. The lowest BCUT2D eigenvalue weighted by Gasteiger charge is -2.40. The fourth-order valence-electron chi connectivity index (χ4n) is 4.83. The second-order valence-corrected chi connectivity index (χ2v) is 8.51. The first-order valence-corrected chi connectivity index (χ1v) is 12.3. The highest BCUT2D eigenvalue weighted by atomic mass is 16.6. The summed E-state index contributed by atoms with van der Waals surface area (Å²) < 4.78 is 16.2. The number of benzene rings is 2. The fraction of sp³-hybridized carbons (Fsp3) is 0.429. The molecule has 2 aromatic rings. The molecule has 8 heteroatoms. The van der Waals surface area contributed by atoms with Crippen LogP contribution in [0.15, 0.2) is 60.7 Å². The molecule has 0 radical (unpaired) electrons. The van der Waals surface area contributed by atoms with E-state index >= 15 is 0 Å². The van der Waals surface area contributed by atoms with E-state index in [0.717, 1.165) is 0 Å². The molecule has 8 nitrogen and oxygen atoms in total. The van der Waals surface area contributed by atoms with Crippen LogP contribution < -0.4 is 0 Å². The molecule has 1 heterocycles. The van der Waals surface area contributed by atoms with E-state index in [-0.39, 0.29) is 39.1 Å². The van der Waals surface area contributed by atoms with Crippen molar-refractivity contribution in [1.82, 2.24) is 4.90 Å². The van der Waals surface area contributed by atoms with Gasteiger partial charge in [0.05, 0.1) is 25.9 Å². The van der Waals surface area contributed by atoms with Crippen molar-refractivity contribution >= 4 is 23.8 Å². The molecule has 0 aliphatic carbocycles. The van der Waals surface area contributed by atoms with Gasteiger partial charge < -0.3 is 19.1 Å². The number of nitrogens with zero attached hydrogens (tertiary/aromatic N) is 1. The Morgan fingerprint density at radius 2 is 1.31 bits per heavy atom. The predicted octanol–water partition coefficient (Wildman–Crippen LogP) is 3.58. The molecule has 192 valence electrons. The molecule has 1 fully saturated rings. The van der Waals surface area contributed by atoms with Crippen LogP contribution in [0.25, 0.3) is 0 Å². The lowest BCUT2D eigenvalue weighted by molar-refractivity contribution is -0.177. The summed E-state index contributed by atoms with van der Waals surface area (Å²) in [5.41, 5.74) is -0.843. The molecule has 1 aliphatic rings. The van der Waals surface area contributed by atoms with Gasteiger partial charge in [-0.15, -0.1) is 0 Å². The number of hydrogen-bond donors (Lipinski definition) is 0. The third kappa shape index (κ3) is 5.42. The molecule has 2 aromatic carbocycles. The quantitative estimate of drug-likeness (QED) is 0.282. The second-order valence-electron chi connectivity index (χ2n) is 8.51. The lowest BCUT2D eigenvalue weighted by atomic mass is 9.73. The largest absolute Gasteiger partial charge is 0.465 e. The summed E-state index contributed by atoms with van der Waals surface area (Å²) >= 11 is 0. The summed E-state index contributed by atoms with van der Waals surface area (Å²) in [5.74, 6) is -2.62. The van der Waals surface area contributed by atoms with Gasteiger partial charge in [-0.1, -0.05) is 48.5 Å². The highest BCUT2D eigenvalue weighted by Gasteiger charge is 2.61. The molecule has 0 N–H and O–H groups in total. The van der Waals surface area contributed by atoms with E-state index < -0.39 is 41.3 Å². The molecular formula is C28H33NO7. The van der Waals surface area contributed by atoms with Crippen LogP contribution in [0.1, 0.15) is 49.5 Å². The van der Waals surface area contributed by atoms with Crippen molar-refractivity contribution in [3.05, 3.63) is 71.8 Å². The minimum Gasteiger partial charge on any atom is -0.465 e. The highest BCUT2D eigenvalue weighted by molar-refractivity contribution is 6.04. The molecule has 1 saturated heterocycles. The standard InChI is InChI=1S/C28H33NO7/c1-4-34-25(31)22-17-18-23(29(22)24(30)21-15-11-8-12-16-21)28(26(32)35-5-2,27(33)36-6-3)19-20-13-9-7-10-14-20/h7-16,22-23H,4-6,17-19H2,1-3H3/t22-,23+/m0/s1. The molecular weight excluding hydrogens is 462 g/mol. The smallest absolute Gasteiger partial charge is 0.328 e. The van der Waals surface area contributed by atoms with E-state index in [1.165, 1.54) is 4.90 Å². The number of likely N-dealkylation sites (tertiary alicyclic amines) is 1. The molecule has 1 amide bonds. The number of esters is 3. The van der Waals surface area contributed by atoms with E-state index in [9.17, 15) is 19.2 Å². The molecule has 0 spiro atoms. The monoisotopic (exact) mass is 495 g/mol. The van der Waals surface area contributed by atoms with E-state index in [4.69, 9.17) is 14.2 Å². The third-order valence-corrected chi connectivity index (χ3v) is 6.37. The van der Waals surface area contributed by atoms with Gasteiger partial charge in [-0.25, -0.2) is 4.79 Å². The van der Waals surface area contributed by atoms with Gasteiger partial charge in [-0.2, -0.15) is 0 Å². The molecule has 0 bridgehead atoms.